The molecule has 4 nitrogen and oxygen atoms in total. The standard InChI is InChI=1S/C11H16O4/c1-7-5-11(6-8(7)2,9(12)14-3)10(13)15-4/h8H,1,5-6H2,2-4H3/i1D,2D,6+1. The van der Waals surface area contributed by atoms with Crippen LogP contribution in [0.25, 0.3) is 0 Å². The summed E-state index contributed by atoms with van der Waals surface area (Å²) in [4.78, 5) is 23.6. The fourth-order valence-electron chi connectivity index (χ4n) is 1.90. The first-order chi connectivity index (χ1) is 8.05. The summed E-state index contributed by atoms with van der Waals surface area (Å²) in [5.41, 5.74) is -0.752. The molecule has 1 aliphatic rings. The molecule has 0 aromatic heterocycles. The molecule has 1 unspecified atom stereocenters. The Morgan fingerprint density at radius 2 is 2.13 bits per heavy atom. The molecule has 4 heteroatoms. The highest BCUT2D eigenvalue weighted by Crippen LogP contribution is 2.46. The van der Waals surface area contributed by atoms with Crippen LogP contribution in [-0.4, -0.2) is 26.2 Å². The number of methoxy groups -OCH3 is 2. The summed E-state index contributed by atoms with van der Waals surface area (Å²) >= 11 is 0. The molecular formula is C11H16O4. The Hall–Kier alpha value is -1.32. The third-order valence-electron chi connectivity index (χ3n) is 2.78. The molecule has 1 saturated carbocycles. The molecule has 0 spiro atoms. The van der Waals surface area contributed by atoms with Crippen LogP contribution < -0.4 is 0 Å². The first kappa shape index (κ1) is 8.95. The molecule has 0 amide bonds. The second-order valence-corrected chi connectivity index (χ2v) is 3.72. The van der Waals surface area contributed by atoms with Gasteiger partial charge in [0, 0.05) is 1.37 Å². The van der Waals surface area contributed by atoms with Crippen LogP contribution in [-0.2, 0) is 19.1 Å². The van der Waals surface area contributed by atoms with Gasteiger partial charge in [-0.05, 0) is 18.8 Å². The summed E-state index contributed by atoms with van der Waals surface area (Å²) in [5, 5.41) is 0. The molecular weight excluding hydrogens is 197 g/mol. The Morgan fingerprint density at radius 3 is 2.47 bits per heavy atom. The van der Waals surface area contributed by atoms with Crippen molar-refractivity contribution in [2.45, 2.75) is 19.7 Å². The van der Waals surface area contributed by atoms with Crippen LogP contribution in [0.5, 0.6) is 0 Å². The Morgan fingerprint density at radius 1 is 1.53 bits per heavy atom. The largest absolute Gasteiger partial charge is 0.468 e. The maximum absolute atomic E-state index is 11.8. The number of hydrogen-bond acceptors (Lipinski definition) is 4. The molecule has 0 heterocycles. The second kappa shape index (κ2) is 4.04. The molecule has 1 fully saturated rings. The first-order valence-electron chi connectivity index (χ1n) is 5.87. The number of esters is 2. The third kappa shape index (κ3) is 1.76. The number of carbonyl (C=O) groups excluding carboxylic acids is 2. The van der Waals surface area contributed by atoms with Crippen LogP contribution >= 0.6 is 0 Å². The molecule has 0 aromatic carbocycles. The van der Waals surface area contributed by atoms with Gasteiger partial charge in [-0.3, -0.25) is 9.59 Å². The van der Waals surface area contributed by atoms with E-state index in [-0.39, 0.29) is 25.7 Å². The van der Waals surface area contributed by atoms with E-state index >= 15 is 0 Å². The van der Waals surface area contributed by atoms with Crippen LogP contribution in [0.2, 0.25) is 0 Å². The van der Waals surface area contributed by atoms with Gasteiger partial charge in [0.2, 0.25) is 0 Å². The van der Waals surface area contributed by atoms with E-state index in [4.69, 9.17) is 2.74 Å². The lowest BCUT2D eigenvalue weighted by atomic mass is 9.93. The fourth-order valence-corrected chi connectivity index (χ4v) is 1.90. The molecule has 0 aromatic rings. The first-order valence-corrected chi connectivity index (χ1v) is 4.59. The fraction of sp³-hybridized carbons (Fsp3) is 0.636. The van der Waals surface area contributed by atoms with E-state index in [9.17, 15) is 9.59 Å². The molecule has 0 radical (unpaired) electrons. The molecule has 15 heavy (non-hydrogen) atoms. The summed E-state index contributed by atoms with van der Waals surface area (Å²) < 4.78 is 23.9. The molecule has 84 valence electrons. The predicted molar refractivity (Wildman–Crippen MR) is 54.0 cm³/mol. The van der Waals surface area contributed by atoms with Crippen molar-refractivity contribution in [1.82, 2.24) is 0 Å². The lowest BCUT2D eigenvalue weighted by molar-refractivity contribution is -0.168. The summed E-state index contributed by atoms with van der Waals surface area (Å²) in [5.74, 6) is -1.56. The van der Waals surface area contributed by atoms with Crippen LogP contribution in [0.3, 0.4) is 0 Å². The van der Waals surface area contributed by atoms with Crippen molar-refractivity contribution in [2.24, 2.45) is 11.3 Å². The van der Waals surface area contributed by atoms with E-state index in [1.54, 1.807) is 0 Å². The summed E-state index contributed by atoms with van der Waals surface area (Å²) in [6.45, 7) is 1.16. The van der Waals surface area contributed by atoms with Gasteiger partial charge in [0.1, 0.15) is 0 Å². The van der Waals surface area contributed by atoms with E-state index < -0.39 is 17.4 Å². The van der Waals surface area contributed by atoms with Crippen molar-refractivity contribution >= 4 is 11.9 Å². The lowest BCUT2D eigenvalue weighted by Gasteiger charge is -2.22. The van der Waals surface area contributed by atoms with E-state index in [0.717, 1.165) is 6.55 Å². The zero-order chi connectivity index (χ0) is 13.1. The van der Waals surface area contributed by atoms with Crippen molar-refractivity contribution in [3.8, 4) is 0 Å². The highest BCUT2D eigenvalue weighted by molar-refractivity contribution is 6.01. The number of rotatable bonds is 2. The van der Waals surface area contributed by atoms with Crippen LogP contribution in [0.4, 0.5) is 0 Å². The summed E-state index contributed by atoms with van der Waals surface area (Å²) in [7, 11) is 2.43. The maximum atomic E-state index is 11.8. The number of ether oxygens (including phenoxy) is 2. The van der Waals surface area contributed by atoms with Crippen molar-refractivity contribution in [3.05, 3.63) is 12.1 Å². The highest BCUT2D eigenvalue weighted by Gasteiger charge is 2.53. The molecule has 0 saturated heterocycles. The minimum absolute atomic E-state index is 0.0421. The van der Waals surface area contributed by atoms with Gasteiger partial charge in [0.25, 0.3) is 0 Å². The van der Waals surface area contributed by atoms with Gasteiger partial charge < -0.3 is 9.47 Å². The Kier molecular flexibility index (Phi) is 2.41. The van der Waals surface area contributed by atoms with Gasteiger partial charge in [-0.1, -0.05) is 19.0 Å². The lowest BCUT2D eigenvalue weighted by Crippen LogP contribution is -2.39. The molecule has 0 aliphatic heterocycles. The van der Waals surface area contributed by atoms with E-state index in [0.29, 0.717) is 5.57 Å². The quantitative estimate of drug-likeness (QED) is 0.301. The van der Waals surface area contributed by atoms with E-state index in [2.05, 4.69) is 9.47 Å². The van der Waals surface area contributed by atoms with Gasteiger partial charge in [0.15, 0.2) is 5.41 Å². The molecule has 1 aliphatic carbocycles. The number of allylic oxidation sites excluding steroid dienone is 1. The predicted octanol–water partition coefficient (Wildman–Crippen LogP) is 1.30. The topological polar surface area (TPSA) is 52.6 Å². The van der Waals surface area contributed by atoms with Gasteiger partial charge in [-0.2, -0.15) is 0 Å². The van der Waals surface area contributed by atoms with E-state index in [1.165, 1.54) is 14.2 Å². The second-order valence-electron chi connectivity index (χ2n) is 3.72. The average Bonchev–Trinajstić information content (AvgIpc) is 2.76. The van der Waals surface area contributed by atoms with Crippen LogP contribution in [0, 0.1) is 11.3 Å². The van der Waals surface area contributed by atoms with Crippen molar-refractivity contribution in [1.29, 1.82) is 0 Å². The van der Waals surface area contributed by atoms with Crippen LogP contribution in [0.1, 0.15) is 22.5 Å². The minimum Gasteiger partial charge on any atom is -0.468 e. The number of hydrogen-bond donors (Lipinski definition) is 0. The molecule has 1 atom stereocenters. The Balaban J connectivity index is 3.12. The third-order valence-corrected chi connectivity index (χ3v) is 2.78. The number of carbonyl (C=O) groups is 2. The maximum Gasteiger partial charge on any atom is 0.323 e. The van der Waals surface area contributed by atoms with Gasteiger partial charge >= 0.3 is 11.9 Å². The molecule has 0 bridgehead atoms. The molecule has 1 rings (SSSR count). The normalized spacial score (nSPS) is 28.1. The Labute approximate surface area is 92.1 Å². The van der Waals surface area contributed by atoms with Gasteiger partial charge in [-0.15, -0.1) is 0 Å². The van der Waals surface area contributed by atoms with Crippen molar-refractivity contribution in [3.63, 3.8) is 0 Å². The molecule has 0 N–H and O–H groups in total. The monoisotopic (exact) mass is 215 g/mol. The zero-order valence-corrected chi connectivity index (χ0v) is 8.91. The SMILES string of the molecule is [2H]C=C1CC(C(=O)OC)(C(=O)OC)[13CH2]C1C[2H]. The highest BCUT2D eigenvalue weighted by atomic mass is 16.5. The van der Waals surface area contributed by atoms with E-state index in [1.807, 2.05) is 0 Å². The zero-order valence-electron chi connectivity index (χ0n) is 10.9. The van der Waals surface area contributed by atoms with Gasteiger partial charge in [-0.25, -0.2) is 0 Å². The Bertz CT molecular complexity index is 335. The van der Waals surface area contributed by atoms with Crippen molar-refractivity contribution < 1.29 is 21.8 Å². The summed E-state index contributed by atoms with van der Waals surface area (Å²) in [6, 6.07) is 0. The van der Waals surface area contributed by atoms with Crippen LogP contribution in [0.15, 0.2) is 12.1 Å². The van der Waals surface area contributed by atoms with Gasteiger partial charge in [0.05, 0.1) is 15.6 Å². The minimum atomic E-state index is -1.37. The summed E-state index contributed by atoms with van der Waals surface area (Å²) in [6.07, 6.45) is 0.292. The smallest absolute Gasteiger partial charge is 0.323 e. The van der Waals surface area contributed by atoms with Crippen molar-refractivity contribution in [2.75, 3.05) is 14.2 Å². The average molecular weight is 215 g/mol.